The molecule has 0 unspecified atom stereocenters. The maximum absolute atomic E-state index is 12.2. The van der Waals surface area contributed by atoms with Crippen molar-refractivity contribution in [3.05, 3.63) is 58.1 Å². The van der Waals surface area contributed by atoms with Crippen molar-refractivity contribution in [2.24, 2.45) is 11.0 Å². The van der Waals surface area contributed by atoms with Crippen LogP contribution in [0.2, 0.25) is 10.0 Å². The second-order valence-electron chi connectivity index (χ2n) is 7.41. The molecule has 8 heteroatoms. The summed E-state index contributed by atoms with van der Waals surface area (Å²) in [6.07, 6.45) is 5.61. The Kier molecular flexibility index (Phi) is 7.71. The molecule has 0 aromatic heterocycles. The molecule has 0 heterocycles. The summed E-state index contributed by atoms with van der Waals surface area (Å²) in [6, 6.07) is 12.5. The van der Waals surface area contributed by atoms with Crippen LogP contribution in [0, 0.1) is 5.92 Å². The van der Waals surface area contributed by atoms with E-state index in [1.54, 1.807) is 30.3 Å². The summed E-state index contributed by atoms with van der Waals surface area (Å²) in [5.74, 6) is -1.10. The van der Waals surface area contributed by atoms with Gasteiger partial charge in [-0.25, -0.2) is 5.43 Å². The van der Waals surface area contributed by atoms with Crippen molar-refractivity contribution in [1.29, 1.82) is 0 Å². The molecule has 1 saturated carbocycles. The summed E-state index contributed by atoms with van der Waals surface area (Å²) in [5.41, 5.74) is 4.44. The number of hydrogen-bond donors (Lipinski definition) is 3. The van der Waals surface area contributed by atoms with Crippen LogP contribution in [0.1, 0.15) is 38.2 Å². The second-order valence-corrected chi connectivity index (χ2v) is 8.28. The molecule has 3 rings (SSSR count). The molecule has 6 nitrogen and oxygen atoms in total. The van der Waals surface area contributed by atoms with Crippen molar-refractivity contribution in [3.8, 4) is 0 Å². The molecule has 2 atom stereocenters. The number of rotatable bonds is 5. The van der Waals surface area contributed by atoms with Gasteiger partial charge in [0.1, 0.15) is 0 Å². The Bertz CT molecular complexity index is 948. The summed E-state index contributed by atoms with van der Waals surface area (Å²) in [6.45, 7) is 2.09. The number of carbonyl (C=O) groups excluding carboxylic acids is 2. The summed E-state index contributed by atoms with van der Waals surface area (Å²) in [5, 5.41) is 11.1. The smallest absolute Gasteiger partial charge is 0.329 e. The number of amides is 2. The fraction of sp³-hybridized carbons (Fsp3) is 0.318. The highest BCUT2D eigenvalue weighted by Gasteiger charge is 2.25. The molecule has 2 amide bonds. The van der Waals surface area contributed by atoms with E-state index in [1.807, 2.05) is 12.1 Å². The van der Waals surface area contributed by atoms with Crippen LogP contribution < -0.4 is 16.1 Å². The lowest BCUT2D eigenvalue weighted by Crippen LogP contribution is -2.46. The van der Waals surface area contributed by atoms with Crippen LogP contribution in [0.3, 0.4) is 0 Å². The molecule has 2 aromatic rings. The van der Waals surface area contributed by atoms with Gasteiger partial charge < -0.3 is 10.6 Å². The van der Waals surface area contributed by atoms with E-state index < -0.39 is 11.8 Å². The molecular formula is C22H24Cl2N4O2. The SMILES string of the molecule is C[C@@H]1CCCC[C@H]1NC(=O)C(=O)N/N=C\c1cc(Cl)ccc1Nc1cccc(Cl)c1. The topological polar surface area (TPSA) is 82.6 Å². The average molecular weight is 447 g/mol. The van der Waals surface area contributed by atoms with Gasteiger partial charge in [-0.1, -0.05) is 49.0 Å². The molecule has 1 aliphatic rings. The van der Waals surface area contributed by atoms with Crippen molar-refractivity contribution in [2.45, 2.75) is 38.6 Å². The first-order valence-electron chi connectivity index (χ1n) is 9.88. The molecule has 0 bridgehead atoms. The van der Waals surface area contributed by atoms with Crippen molar-refractivity contribution in [3.63, 3.8) is 0 Å². The minimum absolute atomic E-state index is 0.0300. The van der Waals surface area contributed by atoms with E-state index in [-0.39, 0.29) is 6.04 Å². The lowest BCUT2D eigenvalue weighted by atomic mass is 9.86. The van der Waals surface area contributed by atoms with Crippen LogP contribution >= 0.6 is 23.2 Å². The van der Waals surface area contributed by atoms with Crippen molar-refractivity contribution < 1.29 is 9.59 Å². The van der Waals surface area contributed by atoms with Crippen LogP contribution in [0.4, 0.5) is 11.4 Å². The number of carbonyl (C=O) groups is 2. The third-order valence-electron chi connectivity index (χ3n) is 5.12. The van der Waals surface area contributed by atoms with E-state index >= 15 is 0 Å². The first-order chi connectivity index (χ1) is 14.4. The maximum atomic E-state index is 12.2. The largest absolute Gasteiger partial charge is 0.355 e. The predicted octanol–water partition coefficient (Wildman–Crippen LogP) is 4.88. The Balaban J connectivity index is 1.63. The van der Waals surface area contributed by atoms with Crippen molar-refractivity contribution >= 4 is 52.6 Å². The zero-order valence-electron chi connectivity index (χ0n) is 16.6. The number of hydrazone groups is 1. The Hall–Kier alpha value is -2.57. The minimum Gasteiger partial charge on any atom is -0.355 e. The molecule has 2 aromatic carbocycles. The van der Waals surface area contributed by atoms with E-state index in [1.165, 1.54) is 6.21 Å². The molecule has 158 valence electrons. The molecule has 0 aliphatic heterocycles. The molecule has 1 fully saturated rings. The third-order valence-corrected chi connectivity index (χ3v) is 5.59. The van der Waals surface area contributed by atoms with Gasteiger partial charge in [0.15, 0.2) is 0 Å². The fourth-order valence-electron chi connectivity index (χ4n) is 3.45. The van der Waals surface area contributed by atoms with E-state index in [2.05, 4.69) is 28.1 Å². The summed E-state index contributed by atoms with van der Waals surface area (Å²) >= 11 is 12.1. The highest BCUT2D eigenvalue weighted by molar-refractivity contribution is 6.35. The van der Waals surface area contributed by atoms with Gasteiger partial charge in [0.25, 0.3) is 0 Å². The lowest BCUT2D eigenvalue weighted by molar-refractivity contribution is -0.139. The van der Waals surface area contributed by atoms with Crippen LogP contribution in [0.25, 0.3) is 0 Å². The summed E-state index contributed by atoms with van der Waals surface area (Å²) in [4.78, 5) is 24.3. The van der Waals surface area contributed by atoms with Gasteiger partial charge in [-0.2, -0.15) is 5.10 Å². The normalized spacial score (nSPS) is 18.8. The lowest BCUT2D eigenvalue weighted by Gasteiger charge is -2.29. The molecular weight excluding hydrogens is 423 g/mol. The quantitative estimate of drug-likeness (QED) is 0.347. The monoisotopic (exact) mass is 446 g/mol. The van der Waals surface area contributed by atoms with E-state index in [0.717, 1.165) is 37.1 Å². The van der Waals surface area contributed by atoms with Gasteiger partial charge in [0.05, 0.1) is 6.21 Å². The molecule has 0 spiro atoms. The Morgan fingerprint density at radius 2 is 1.80 bits per heavy atom. The number of halogens is 2. The van der Waals surface area contributed by atoms with Gasteiger partial charge in [-0.15, -0.1) is 0 Å². The standard InChI is InChI=1S/C22H24Cl2N4O2/c1-14-5-2-3-8-19(14)27-21(29)22(30)28-25-13-15-11-17(24)9-10-20(15)26-18-7-4-6-16(23)12-18/h4,6-7,9-14,19,26H,2-3,5,8H2,1H3,(H,27,29)(H,28,30)/b25-13-/t14-,19-/m1/s1. The average Bonchev–Trinajstić information content (AvgIpc) is 2.71. The van der Waals surface area contributed by atoms with Crippen molar-refractivity contribution in [2.75, 3.05) is 5.32 Å². The molecule has 1 aliphatic carbocycles. The van der Waals surface area contributed by atoms with Crippen LogP contribution in [-0.2, 0) is 9.59 Å². The Labute approximate surface area is 186 Å². The Morgan fingerprint density at radius 1 is 1.03 bits per heavy atom. The highest BCUT2D eigenvalue weighted by Crippen LogP contribution is 2.25. The van der Waals surface area contributed by atoms with E-state index in [9.17, 15) is 9.59 Å². The molecule has 0 saturated heterocycles. The molecule has 30 heavy (non-hydrogen) atoms. The fourth-order valence-corrected chi connectivity index (χ4v) is 3.82. The Morgan fingerprint density at radius 3 is 2.57 bits per heavy atom. The van der Waals surface area contributed by atoms with Crippen LogP contribution in [0.5, 0.6) is 0 Å². The number of nitrogens with zero attached hydrogens (tertiary/aromatic N) is 1. The van der Waals surface area contributed by atoms with E-state index in [4.69, 9.17) is 23.2 Å². The van der Waals surface area contributed by atoms with Gasteiger partial charge >= 0.3 is 11.8 Å². The molecule has 0 radical (unpaired) electrons. The molecule has 3 N–H and O–H groups in total. The highest BCUT2D eigenvalue weighted by atomic mass is 35.5. The zero-order valence-corrected chi connectivity index (χ0v) is 18.1. The predicted molar refractivity (Wildman–Crippen MR) is 121 cm³/mol. The first kappa shape index (κ1) is 22.1. The third kappa shape index (κ3) is 6.21. The number of benzene rings is 2. The van der Waals surface area contributed by atoms with Gasteiger partial charge in [0.2, 0.25) is 0 Å². The minimum atomic E-state index is -0.796. The second kappa shape index (κ2) is 10.5. The van der Waals surface area contributed by atoms with Crippen LogP contribution in [0.15, 0.2) is 47.6 Å². The van der Waals surface area contributed by atoms with Gasteiger partial charge in [0, 0.05) is 33.0 Å². The number of nitrogens with one attached hydrogen (secondary N) is 3. The zero-order chi connectivity index (χ0) is 21.5. The summed E-state index contributed by atoms with van der Waals surface area (Å²) < 4.78 is 0. The summed E-state index contributed by atoms with van der Waals surface area (Å²) in [7, 11) is 0. The first-order valence-corrected chi connectivity index (χ1v) is 10.6. The van der Waals surface area contributed by atoms with Gasteiger partial charge in [-0.05, 0) is 55.2 Å². The number of anilines is 2. The van der Waals surface area contributed by atoms with Crippen molar-refractivity contribution in [1.82, 2.24) is 10.7 Å². The maximum Gasteiger partial charge on any atom is 0.329 e. The van der Waals surface area contributed by atoms with Crippen LogP contribution in [-0.4, -0.2) is 24.1 Å². The van der Waals surface area contributed by atoms with E-state index in [0.29, 0.717) is 21.5 Å². The van der Waals surface area contributed by atoms with Gasteiger partial charge in [-0.3, -0.25) is 9.59 Å². The number of hydrogen-bond acceptors (Lipinski definition) is 4.